The lowest BCUT2D eigenvalue weighted by Gasteiger charge is -2.21. The second-order valence-electron chi connectivity index (χ2n) is 3.94. The van der Waals surface area contributed by atoms with Crippen molar-refractivity contribution in [2.45, 2.75) is 39.2 Å². The molecular weight excluding hydrogens is 186 g/mol. The number of rotatable bonds is 6. The van der Waals surface area contributed by atoms with E-state index in [4.69, 9.17) is 0 Å². The predicted molar refractivity (Wildman–Crippen MR) is 62.5 cm³/mol. The van der Waals surface area contributed by atoms with Gasteiger partial charge in [-0.2, -0.15) is 10.2 Å². The van der Waals surface area contributed by atoms with Gasteiger partial charge >= 0.3 is 0 Å². The first-order valence-electron chi connectivity index (χ1n) is 5.75. The number of nitrogens with one attached hydrogen (secondary N) is 1. The monoisotopic (exact) mass is 207 g/mol. The molecule has 1 atom stereocenters. The SMILES string of the molecule is CCC(CC)CC(NC)c1ccnnc1. The first-order valence-corrected chi connectivity index (χ1v) is 5.75. The smallest absolute Gasteiger partial charge is 0.0544 e. The van der Waals surface area contributed by atoms with Gasteiger partial charge in [-0.25, -0.2) is 0 Å². The first-order chi connectivity index (χ1) is 7.31. The maximum Gasteiger partial charge on any atom is 0.0544 e. The lowest BCUT2D eigenvalue weighted by molar-refractivity contribution is 0.384. The van der Waals surface area contributed by atoms with Crippen LogP contribution in [0.15, 0.2) is 18.5 Å². The standard InChI is InChI=1S/C12H21N3/c1-4-10(5-2)8-12(13-3)11-6-7-14-15-9-11/h6-7,9-10,12-13H,4-5,8H2,1-3H3. The van der Waals surface area contributed by atoms with Gasteiger partial charge in [-0.1, -0.05) is 26.7 Å². The molecule has 1 aromatic rings. The van der Waals surface area contributed by atoms with Crippen molar-refractivity contribution < 1.29 is 0 Å². The zero-order chi connectivity index (χ0) is 11.1. The van der Waals surface area contributed by atoms with Gasteiger partial charge in [0.2, 0.25) is 0 Å². The Morgan fingerprint density at radius 3 is 2.47 bits per heavy atom. The van der Waals surface area contributed by atoms with E-state index in [-0.39, 0.29) is 0 Å². The summed E-state index contributed by atoms with van der Waals surface area (Å²) in [6, 6.07) is 2.45. The van der Waals surface area contributed by atoms with Crippen molar-refractivity contribution in [2.75, 3.05) is 7.05 Å². The average Bonchev–Trinajstić information content (AvgIpc) is 2.32. The molecule has 3 heteroatoms. The Bertz CT molecular complexity index is 257. The molecule has 0 aromatic carbocycles. The Morgan fingerprint density at radius 1 is 1.27 bits per heavy atom. The Kier molecular flexibility index (Phi) is 5.26. The van der Waals surface area contributed by atoms with Crippen LogP contribution in [0.2, 0.25) is 0 Å². The largest absolute Gasteiger partial charge is 0.313 e. The summed E-state index contributed by atoms with van der Waals surface area (Å²) in [6.07, 6.45) is 7.27. The number of nitrogens with zero attached hydrogens (tertiary/aromatic N) is 2. The van der Waals surface area contributed by atoms with Crippen molar-refractivity contribution in [3.05, 3.63) is 24.0 Å². The van der Waals surface area contributed by atoms with Gasteiger partial charge in [0.05, 0.1) is 6.20 Å². The van der Waals surface area contributed by atoms with Crippen LogP contribution in [-0.4, -0.2) is 17.2 Å². The van der Waals surface area contributed by atoms with E-state index >= 15 is 0 Å². The van der Waals surface area contributed by atoms with E-state index in [0.29, 0.717) is 6.04 Å². The molecule has 0 aliphatic carbocycles. The summed E-state index contributed by atoms with van der Waals surface area (Å²) in [4.78, 5) is 0. The van der Waals surface area contributed by atoms with Gasteiger partial charge in [0.15, 0.2) is 0 Å². The topological polar surface area (TPSA) is 37.8 Å². The maximum atomic E-state index is 3.92. The van der Waals surface area contributed by atoms with Crippen LogP contribution in [-0.2, 0) is 0 Å². The zero-order valence-electron chi connectivity index (χ0n) is 9.90. The quantitative estimate of drug-likeness (QED) is 0.779. The van der Waals surface area contributed by atoms with Gasteiger partial charge in [0.1, 0.15) is 0 Å². The van der Waals surface area contributed by atoms with Crippen LogP contribution >= 0.6 is 0 Å². The third-order valence-electron chi connectivity index (χ3n) is 3.08. The van der Waals surface area contributed by atoms with Gasteiger partial charge in [-0.3, -0.25) is 0 Å². The third-order valence-corrected chi connectivity index (χ3v) is 3.08. The predicted octanol–water partition coefficient (Wildman–Crippen LogP) is 2.56. The Hall–Kier alpha value is -0.960. The fourth-order valence-corrected chi connectivity index (χ4v) is 1.88. The second-order valence-corrected chi connectivity index (χ2v) is 3.94. The third kappa shape index (κ3) is 3.59. The molecule has 0 spiro atoms. The van der Waals surface area contributed by atoms with E-state index in [1.807, 2.05) is 19.3 Å². The summed E-state index contributed by atoms with van der Waals surface area (Å²) >= 11 is 0. The molecule has 84 valence electrons. The minimum absolute atomic E-state index is 0.408. The molecule has 1 aromatic heterocycles. The lowest BCUT2D eigenvalue weighted by atomic mass is 9.92. The van der Waals surface area contributed by atoms with Gasteiger partial charge < -0.3 is 5.32 Å². The molecule has 0 amide bonds. The summed E-state index contributed by atoms with van der Waals surface area (Å²) in [6.45, 7) is 4.51. The molecule has 0 saturated carbocycles. The van der Waals surface area contributed by atoms with Crippen LogP contribution in [0.3, 0.4) is 0 Å². The number of aromatic nitrogens is 2. The average molecular weight is 207 g/mol. The maximum absolute atomic E-state index is 3.92. The van der Waals surface area contributed by atoms with Crippen molar-refractivity contribution in [3.8, 4) is 0 Å². The van der Waals surface area contributed by atoms with Crippen LogP contribution in [0.5, 0.6) is 0 Å². The highest BCUT2D eigenvalue weighted by atomic mass is 15.1. The molecule has 0 aliphatic rings. The second kappa shape index (κ2) is 6.51. The molecular formula is C12H21N3. The van der Waals surface area contributed by atoms with E-state index in [1.54, 1.807) is 6.20 Å². The molecule has 1 heterocycles. The molecule has 1 rings (SSSR count). The number of hydrogen-bond acceptors (Lipinski definition) is 3. The minimum atomic E-state index is 0.408. The minimum Gasteiger partial charge on any atom is -0.313 e. The molecule has 0 aliphatic heterocycles. The lowest BCUT2D eigenvalue weighted by Crippen LogP contribution is -2.19. The van der Waals surface area contributed by atoms with Gasteiger partial charge in [-0.15, -0.1) is 0 Å². The molecule has 1 N–H and O–H groups in total. The first kappa shape index (κ1) is 12.1. The van der Waals surface area contributed by atoms with Crippen LogP contribution in [0.25, 0.3) is 0 Å². The fourth-order valence-electron chi connectivity index (χ4n) is 1.88. The van der Waals surface area contributed by atoms with Crippen LogP contribution in [0.1, 0.15) is 44.7 Å². The molecule has 0 radical (unpaired) electrons. The Balaban J connectivity index is 2.64. The summed E-state index contributed by atoms with van der Waals surface area (Å²) in [5.41, 5.74) is 1.24. The van der Waals surface area contributed by atoms with Crippen LogP contribution < -0.4 is 5.32 Å². The molecule has 3 nitrogen and oxygen atoms in total. The fraction of sp³-hybridized carbons (Fsp3) is 0.667. The highest BCUT2D eigenvalue weighted by Crippen LogP contribution is 2.23. The highest BCUT2D eigenvalue weighted by molar-refractivity contribution is 5.11. The Labute approximate surface area is 92.3 Å². The van der Waals surface area contributed by atoms with Crippen molar-refractivity contribution in [1.29, 1.82) is 0 Å². The molecule has 0 fully saturated rings. The highest BCUT2D eigenvalue weighted by Gasteiger charge is 2.14. The van der Waals surface area contributed by atoms with E-state index in [9.17, 15) is 0 Å². The molecule has 0 saturated heterocycles. The normalized spacial score (nSPS) is 13.1. The van der Waals surface area contributed by atoms with Gasteiger partial charge in [0, 0.05) is 12.2 Å². The van der Waals surface area contributed by atoms with Crippen molar-refractivity contribution in [3.63, 3.8) is 0 Å². The van der Waals surface area contributed by atoms with Crippen molar-refractivity contribution >= 4 is 0 Å². The molecule has 0 bridgehead atoms. The zero-order valence-corrected chi connectivity index (χ0v) is 9.90. The van der Waals surface area contributed by atoms with E-state index in [1.165, 1.54) is 24.8 Å². The molecule has 1 unspecified atom stereocenters. The van der Waals surface area contributed by atoms with Crippen LogP contribution in [0, 0.1) is 5.92 Å². The summed E-state index contributed by atoms with van der Waals surface area (Å²) < 4.78 is 0. The van der Waals surface area contributed by atoms with Crippen molar-refractivity contribution in [1.82, 2.24) is 15.5 Å². The van der Waals surface area contributed by atoms with E-state index in [0.717, 1.165) is 5.92 Å². The van der Waals surface area contributed by atoms with E-state index < -0.39 is 0 Å². The van der Waals surface area contributed by atoms with Gasteiger partial charge in [-0.05, 0) is 31.0 Å². The summed E-state index contributed by atoms with van der Waals surface area (Å²) in [5, 5.41) is 11.1. The summed E-state index contributed by atoms with van der Waals surface area (Å²) in [7, 11) is 2.01. The van der Waals surface area contributed by atoms with E-state index in [2.05, 4.69) is 29.4 Å². The summed E-state index contributed by atoms with van der Waals surface area (Å²) in [5.74, 6) is 0.788. The van der Waals surface area contributed by atoms with Crippen molar-refractivity contribution in [2.24, 2.45) is 5.92 Å². The van der Waals surface area contributed by atoms with Gasteiger partial charge in [0.25, 0.3) is 0 Å². The number of hydrogen-bond donors (Lipinski definition) is 1. The molecule has 15 heavy (non-hydrogen) atoms. The van der Waals surface area contributed by atoms with Crippen LogP contribution in [0.4, 0.5) is 0 Å². The Morgan fingerprint density at radius 2 is 2.00 bits per heavy atom.